The first-order valence-electron chi connectivity index (χ1n) is 3.67. The quantitative estimate of drug-likeness (QED) is 0.582. The van der Waals surface area contributed by atoms with Gasteiger partial charge in [-0.15, -0.1) is 10.2 Å². The number of nitrogens with zero attached hydrogens (tertiary/aromatic N) is 3. The van der Waals surface area contributed by atoms with E-state index >= 15 is 0 Å². The van der Waals surface area contributed by atoms with Gasteiger partial charge in [-0.2, -0.15) is 0 Å². The van der Waals surface area contributed by atoms with Crippen LogP contribution in [-0.2, 0) is 0 Å². The Hall–Kier alpha value is -0.860. The number of aromatic nitrogens is 3. The number of hydrogen-bond acceptors (Lipinski definition) is 2. The van der Waals surface area contributed by atoms with E-state index in [0.717, 1.165) is 17.7 Å². The third-order valence-electron chi connectivity index (χ3n) is 1.95. The van der Waals surface area contributed by atoms with Crippen LogP contribution in [0.3, 0.4) is 0 Å². The zero-order chi connectivity index (χ0) is 7.14. The zero-order valence-electron chi connectivity index (χ0n) is 6.33. The van der Waals surface area contributed by atoms with Gasteiger partial charge in [-0.25, -0.2) is 0 Å². The molecule has 54 valence electrons. The van der Waals surface area contributed by atoms with Crippen LogP contribution in [0.25, 0.3) is 0 Å². The molecule has 1 saturated carbocycles. The molecule has 0 bridgehead atoms. The Kier molecular flexibility index (Phi) is 1.07. The molecule has 3 nitrogen and oxygen atoms in total. The Labute approximate surface area is 60.1 Å². The Morgan fingerprint density at radius 1 is 1.20 bits per heavy atom. The SMILES string of the molecule is Cc1nnc(C)n1C1CC1. The molecule has 1 heterocycles. The van der Waals surface area contributed by atoms with E-state index in [-0.39, 0.29) is 0 Å². The highest BCUT2D eigenvalue weighted by Gasteiger charge is 2.26. The lowest BCUT2D eigenvalue weighted by atomic mass is 10.5. The van der Waals surface area contributed by atoms with E-state index in [2.05, 4.69) is 14.8 Å². The fourth-order valence-corrected chi connectivity index (χ4v) is 1.34. The summed E-state index contributed by atoms with van der Waals surface area (Å²) in [7, 11) is 0. The molecule has 0 radical (unpaired) electrons. The Morgan fingerprint density at radius 3 is 2.10 bits per heavy atom. The second-order valence-corrected chi connectivity index (χ2v) is 2.90. The van der Waals surface area contributed by atoms with Gasteiger partial charge in [0.05, 0.1) is 0 Å². The molecule has 0 saturated heterocycles. The minimum absolute atomic E-state index is 0.718. The van der Waals surface area contributed by atoms with E-state index in [1.54, 1.807) is 0 Å². The summed E-state index contributed by atoms with van der Waals surface area (Å²) in [5.41, 5.74) is 0. The molecule has 1 aliphatic rings. The fraction of sp³-hybridized carbons (Fsp3) is 0.714. The lowest BCUT2D eigenvalue weighted by Gasteiger charge is -2.00. The van der Waals surface area contributed by atoms with Crippen molar-refractivity contribution >= 4 is 0 Å². The van der Waals surface area contributed by atoms with Crippen LogP contribution in [-0.4, -0.2) is 14.8 Å². The van der Waals surface area contributed by atoms with Crippen molar-refractivity contribution in [3.05, 3.63) is 11.6 Å². The van der Waals surface area contributed by atoms with Gasteiger partial charge in [0, 0.05) is 6.04 Å². The summed E-state index contributed by atoms with van der Waals surface area (Å²) in [5, 5.41) is 7.98. The van der Waals surface area contributed by atoms with Crippen molar-refractivity contribution in [2.45, 2.75) is 32.7 Å². The molecule has 10 heavy (non-hydrogen) atoms. The topological polar surface area (TPSA) is 30.7 Å². The van der Waals surface area contributed by atoms with E-state index in [1.165, 1.54) is 12.8 Å². The van der Waals surface area contributed by atoms with Gasteiger partial charge in [0.2, 0.25) is 0 Å². The third kappa shape index (κ3) is 0.735. The summed E-state index contributed by atoms with van der Waals surface area (Å²) in [6.45, 7) is 4.02. The predicted molar refractivity (Wildman–Crippen MR) is 37.8 cm³/mol. The van der Waals surface area contributed by atoms with Crippen molar-refractivity contribution in [1.29, 1.82) is 0 Å². The summed E-state index contributed by atoms with van der Waals surface area (Å²) in [4.78, 5) is 0. The molecule has 0 amide bonds. The first kappa shape index (κ1) is 5.89. The predicted octanol–water partition coefficient (Wildman–Crippen LogP) is 1.23. The summed E-state index contributed by atoms with van der Waals surface area (Å²) in [5.74, 6) is 2.11. The van der Waals surface area contributed by atoms with Gasteiger partial charge >= 0.3 is 0 Å². The second-order valence-electron chi connectivity index (χ2n) is 2.90. The fourth-order valence-electron chi connectivity index (χ4n) is 1.34. The van der Waals surface area contributed by atoms with Crippen molar-refractivity contribution in [3.8, 4) is 0 Å². The van der Waals surface area contributed by atoms with E-state index in [1.807, 2.05) is 13.8 Å². The van der Waals surface area contributed by atoms with Crippen LogP contribution in [0.2, 0.25) is 0 Å². The molecule has 0 unspecified atom stereocenters. The van der Waals surface area contributed by atoms with Crippen molar-refractivity contribution in [3.63, 3.8) is 0 Å². The highest BCUT2D eigenvalue weighted by Crippen LogP contribution is 2.36. The van der Waals surface area contributed by atoms with Crippen LogP contribution >= 0.6 is 0 Å². The van der Waals surface area contributed by atoms with Gasteiger partial charge in [-0.3, -0.25) is 0 Å². The molecule has 0 spiro atoms. The van der Waals surface area contributed by atoms with Crippen molar-refractivity contribution in [1.82, 2.24) is 14.8 Å². The second kappa shape index (κ2) is 1.81. The van der Waals surface area contributed by atoms with Crippen LogP contribution in [0, 0.1) is 13.8 Å². The molecule has 1 aromatic heterocycles. The standard InChI is InChI=1S/C7H11N3/c1-5-8-9-6(2)10(5)7-3-4-7/h7H,3-4H2,1-2H3. The van der Waals surface area contributed by atoms with E-state index in [4.69, 9.17) is 0 Å². The first-order valence-corrected chi connectivity index (χ1v) is 3.67. The molecule has 1 aromatic rings. The number of rotatable bonds is 1. The Bertz CT molecular complexity index is 228. The van der Waals surface area contributed by atoms with Crippen LogP contribution in [0.1, 0.15) is 30.5 Å². The third-order valence-corrected chi connectivity index (χ3v) is 1.95. The highest BCUT2D eigenvalue weighted by molar-refractivity contribution is 4.99. The van der Waals surface area contributed by atoms with Crippen molar-refractivity contribution in [2.75, 3.05) is 0 Å². The Morgan fingerprint density at radius 2 is 1.70 bits per heavy atom. The molecule has 3 heteroatoms. The molecule has 0 aromatic carbocycles. The van der Waals surface area contributed by atoms with E-state index < -0.39 is 0 Å². The minimum Gasteiger partial charge on any atom is -0.312 e. The normalized spacial score (nSPS) is 17.8. The van der Waals surface area contributed by atoms with Gasteiger partial charge in [0.25, 0.3) is 0 Å². The smallest absolute Gasteiger partial charge is 0.130 e. The highest BCUT2D eigenvalue weighted by atomic mass is 15.3. The van der Waals surface area contributed by atoms with Gasteiger partial charge < -0.3 is 4.57 Å². The summed E-state index contributed by atoms with van der Waals surface area (Å²) in [6.07, 6.45) is 2.61. The largest absolute Gasteiger partial charge is 0.312 e. The first-order chi connectivity index (χ1) is 4.79. The number of aryl methyl sites for hydroxylation is 2. The molecule has 0 aliphatic heterocycles. The maximum Gasteiger partial charge on any atom is 0.130 e. The average molecular weight is 137 g/mol. The molecule has 1 fully saturated rings. The zero-order valence-corrected chi connectivity index (χ0v) is 6.33. The van der Waals surface area contributed by atoms with Gasteiger partial charge in [0.1, 0.15) is 11.6 Å². The maximum absolute atomic E-state index is 3.99. The summed E-state index contributed by atoms with van der Waals surface area (Å²) in [6, 6.07) is 0.718. The average Bonchev–Trinajstić information content (AvgIpc) is 2.64. The summed E-state index contributed by atoms with van der Waals surface area (Å²) < 4.78 is 2.22. The molecular formula is C7H11N3. The molecule has 1 aliphatic carbocycles. The van der Waals surface area contributed by atoms with Crippen molar-refractivity contribution in [2.24, 2.45) is 0 Å². The lowest BCUT2D eigenvalue weighted by molar-refractivity contribution is 0.686. The monoisotopic (exact) mass is 137 g/mol. The van der Waals surface area contributed by atoms with E-state index in [0.29, 0.717) is 0 Å². The van der Waals surface area contributed by atoms with Crippen LogP contribution in [0.4, 0.5) is 0 Å². The van der Waals surface area contributed by atoms with Crippen LogP contribution in [0.5, 0.6) is 0 Å². The van der Waals surface area contributed by atoms with Gasteiger partial charge in [0.15, 0.2) is 0 Å². The lowest BCUT2D eigenvalue weighted by Crippen LogP contribution is -1.98. The van der Waals surface area contributed by atoms with Crippen LogP contribution in [0.15, 0.2) is 0 Å². The van der Waals surface area contributed by atoms with Gasteiger partial charge in [-0.1, -0.05) is 0 Å². The van der Waals surface area contributed by atoms with E-state index in [9.17, 15) is 0 Å². The molecule has 2 rings (SSSR count). The maximum atomic E-state index is 3.99. The van der Waals surface area contributed by atoms with Gasteiger partial charge in [-0.05, 0) is 26.7 Å². The molecule has 0 N–H and O–H groups in total. The number of hydrogen-bond donors (Lipinski definition) is 0. The van der Waals surface area contributed by atoms with Crippen molar-refractivity contribution < 1.29 is 0 Å². The molecular weight excluding hydrogens is 126 g/mol. The van der Waals surface area contributed by atoms with Crippen LogP contribution < -0.4 is 0 Å². The summed E-state index contributed by atoms with van der Waals surface area (Å²) >= 11 is 0. The minimum atomic E-state index is 0.718. The Balaban J connectivity index is 2.44. The molecule has 0 atom stereocenters.